The minimum atomic E-state index is -1.00. The zero-order valence-corrected chi connectivity index (χ0v) is 20.9. The molecule has 178 valence electrons. The highest BCUT2D eigenvalue weighted by molar-refractivity contribution is 8.77. The van der Waals surface area contributed by atoms with E-state index in [1.807, 2.05) is 27.7 Å². The average Bonchev–Trinajstić information content (AvgIpc) is 3.28. The summed E-state index contributed by atoms with van der Waals surface area (Å²) in [4.78, 5) is 35.9. The smallest absolute Gasteiger partial charge is 0.411 e. The number of ether oxygens (including phenoxy) is 3. The molecule has 1 aromatic carbocycles. The van der Waals surface area contributed by atoms with E-state index in [0.29, 0.717) is 17.2 Å². The molecule has 4 atom stereocenters. The number of amides is 1. The Morgan fingerprint density at radius 3 is 2.59 bits per heavy atom. The van der Waals surface area contributed by atoms with Crippen LogP contribution in [-0.4, -0.2) is 47.3 Å². The number of carbonyl (C=O) groups excluding carboxylic acids is 3. The zero-order chi connectivity index (χ0) is 23.3. The normalized spacial score (nSPS) is 18.3. The SMILES string of the molecule is CC(OC(=O)CCCC[C@@H]1CCSS1)OC(=O)NC(S)C(C)COC(=O)c1ccccc1. The first-order chi connectivity index (χ1) is 15.3. The number of hydrogen-bond donors (Lipinski definition) is 2. The van der Waals surface area contributed by atoms with Crippen molar-refractivity contribution in [3.05, 3.63) is 35.9 Å². The Kier molecular flexibility index (Phi) is 12.2. The number of benzene rings is 1. The Morgan fingerprint density at radius 2 is 1.91 bits per heavy atom. The topological polar surface area (TPSA) is 90.9 Å². The Morgan fingerprint density at radius 1 is 1.16 bits per heavy atom. The largest absolute Gasteiger partial charge is 0.462 e. The summed E-state index contributed by atoms with van der Waals surface area (Å²) in [6.07, 6.45) is 2.63. The summed E-state index contributed by atoms with van der Waals surface area (Å²) in [6, 6.07) is 8.64. The highest BCUT2D eigenvalue weighted by Crippen LogP contribution is 2.39. The molecule has 0 bridgehead atoms. The van der Waals surface area contributed by atoms with Gasteiger partial charge in [0.1, 0.15) is 0 Å². The van der Waals surface area contributed by atoms with Gasteiger partial charge in [-0.3, -0.25) is 4.79 Å². The van der Waals surface area contributed by atoms with Crippen molar-refractivity contribution >= 4 is 52.2 Å². The number of nitrogens with one attached hydrogen (secondary N) is 1. The minimum Gasteiger partial charge on any atom is -0.462 e. The number of thiol groups is 1. The zero-order valence-electron chi connectivity index (χ0n) is 18.4. The van der Waals surface area contributed by atoms with E-state index in [-0.39, 0.29) is 18.5 Å². The lowest BCUT2D eigenvalue weighted by Gasteiger charge is -2.21. The molecule has 0 spiro atoms. The van der Waals surface area contributed by atoms with Crippen LogP contribution in [0.1, 0.15) is 56.3 Å². The molecule has 0 aromatic heterocycles. The van der Waals surface area contributed by atoms with Crippen LogP contribution in [0.15, 0.2) is 30.3 Å². The van der Waals surface area contributed by atoms with Gasteiger partial charge in [0.25, 0.3) is 0 Å². The Labute approximate surface area is 202 Å². The fourth-order valence-electron chi connectivity index (χ4n) is 2.88. The van der Waals surface area contributed by atoms with Crippen molar-refractivity contribution in [1.29, 1.82) is 0 Å². The minimum absolute atomic E-state index is 0.0742. The molecule has 1 fully saturated rings. The van der Waals surface area contributed by atoms with Crippen LogP contribution < -0.4 is 5.32 Å². The number of unbranched alkanes of at least 4 members (excludes halogenated alkanes) is 1. The summed E-state index contributed by atoms with van der Waals surface area (Å²) in [5, 5.41) is 2.63. The van der Waals surface area contributed by atoms with Crippen LogP contribution in [0.25, 0.3) is 0 Å². The summed E-state index contributed by atoms with van der Waals surface area (Å²) in [7, 11) is 3.85. The summed E-state index contributed by atoms with van der Waals surface area (Å²) < 4.78 is 15.5. The van der Waals surface area contributed by atoms with E-state index in [0.717, 1.165) is 19.3 Å². The predicted octanol–water partition coefficient (Wildman–Crippen LogP) is 5.06. The molecule has 1 heterocycles. The first-order valence-corrected chi connectivity index (χ1v) is 13.6. The van der Waals surface area contributed by atoms with Gasteiger partial charge in [-0.25, -0.2) is 9.59 Å². The van der Waals surface area contributed by atoms with Gasteiger partial charge in [0, 0.05) is 30.3 Å². The van der Waals surface area contributed by atoms with Gasteiger partial charge in [-0.2, -0.15) is 12.6 Å². The molecule has 7 nitrogen and oxygen atoms in total. The quantitative estimate of drug-likeness (QED) is 0.135. The number of alkyl carbamates (subject to hydrolysis) is 1. The molecule has 10 heteroatoms. The van der Waals surface area contributed by atoms with E-state index >= 15 is 0 Å². The maximum atomic E-state index is 12.0. The van der Waals surface area contributed by atoms with Gasteiger partial charge in [-0.1, -0.05) is 53.1 Å². The van der Waals surface area contributed by atoms with E-state index in [1.165, 1.54) is 19.1 Å². The maximum Gasteiger partial charge on any atom is 0.411 e. The highest BCUT2D eigenvalue weighted by atomic mass is 33.1. The van der Waals surface area contributed by atoms with Gasteiger partial charge < -0.3 is 19.5 Å². The van der Waals surface area contributed by atoms with Crippen molar-refractivity contribution in [1.82, 2.24) is 5.32 Å². The molecule has 0 aliphatic carbocycles. The number of esters is 2. The second kappa shape index (κ2) is 14.6. The van der Waals surface area contributed by atoms with Gasteiger partial charge in [0.15, 0.2) is 0 Å². The fraction of sp³-hybridized carbons (Fsp3) is 0.591. The van der Waals surface area contributed by atoms with Crippen molar-refractivity contribution in [3.63, 3.8) is 0 Å². The standard InChI is InChI=1S/C22H31NO6S3/c1-15(14-27-21(25)17-8-4-3-5-9-17)20(30)23-22(26)29-16(2)28-19(24)11-7-6-10-18-12-13-31-32-18/h3-5,8-9,15-16,18,20,30H,6-7,10-14H2,1-2H3,(H,23,26)/t15?,16?,18-,20?/m1/s1. The number of rotatable bonds is 12. The molecule has 3 unspecified atom stereocenters. The average molecular weight is 502 g/mol. The van der Waals surface area contributed by atoms with E-state index in [2.05, 4.69) is 17.9 Å². The van der Waals surface area contributed by atoms with Crippen LogP contribution in [0, 0.1) is 5.92 Å². The molecule has 2 rings (SSSR count). The lowest BCUT2D eigenvalue weighted by molar-refractivity contribution is -0.165. The van der Waals surface area contributed by atoms with Crippen LogP contribution in [0.5, 0.6) is 0 Å². The molecular formula is C22H31NO6S3. The molecule has 0 radical (unpaired) electrons. The highest BCUT2D eigenvalue weighted by Gasteiger charge is 2.21. The second-order valence-corrected chi connectivity index (χ2v) is 10.9. The van der Waals surface area contributed by atoms with Crippen molar-refractivity contribution in [2.24, 2.45) is 5.92 Å². The third-order valence-electron chi connectivity index (χ3n) is 4.75. The Balaban J connectivity index is 1.58. The fourth-order valence-corrected chi connectivity index (χ4v) is 6.10. The van der Waals surface area contributed by atoms with E-state index in [9.17, 15) is 14.4 Å². The van der Waals surface area contributed by atoms with Gasteiger partial charge in [0.2, 0.25) is 6.29 Å². The van der Waals surface area contributed by atoms with Crippen LogP contribution in [0.4, 0.5) is 4.79 Å². The summed E-state index contributed by atoms with van der Waals surface area (Å²) in [5.74, 6) is 0.108. The van der Waals surface area contributed by atoms with E-state index < -0.39 is 23.7 Å². The van der Waals surface area contributed by atoms with Gasteiger partial charge >= 0.3 is 18.0 Å². The molecule has 1 amide bonds. The van der Waals surface area contributed by atoms with Crippen molar-refractivity contribution in [3.8, 4) is 0 Å². The molecular weight excluding hydrogens is 470 g/mol. The molecule has 1 aliphatic rings. The van der Waals surface area contributed by atoms with Crippen molar-refractivity contribution in [2.45, 2.75) is 62.9 Å². The summed E-state index contributed by atoms with van der Waals surface area (Å²) in [6.45, 7) is 3.34. The molecule has 0 saturated carbocycles. The van der Waals surface area contributed by atoms with E-state index in [1.54, 1.807) is 31.2 Å². The first kappa shape index (κ1) is 26.7. The third-order valence-corrected chi connectivity index (χ3v) is 8.39. The van der Waals surface area contributed by atoms with Crippen LogP contribution >= 0.6 is 34.2 Å². The molecule has 1 saturated heterocycles. The summed E-state index contributed by atoms with van der Waals surface area (Å²) >= 11 is 4.33. The summed E-state index contributed by atoms with van der Waals surface area (Å²) in [5.41, 5.74) is 0.454. The van der Waals surface area contributed by atoms with Gasteiger partial charge in [-0.15, -0.1) is 0 Å². The molecule has 32 heavy (non-hydrogen) atoms. The van der Waals surface area contributed by atoms with Crippen LogP contribution in [-0.2, 0) is 19.0 Å². The monoisotopic (exact) mass is 501 g/mol. The molecule has 1 aromatic rings. The number of carbonyl (C=O) groups is 3. The third kappa shape index (κ3) is 10.4. The first-order valence-electron chi connectivity index (χ1n) is 10.7. The van der Waals surface area contributed by atoms with E-state index in [4.69, 9.17) is 14.2 Å². The van der Waals surface area contributed by atoms with Gasteiger partial charge in [-0.05, 0) is 31.4 Å². The van der Waals surface area contributed by atoms with Crippen LogP contribution in [0.3, 0.4) is 0 Å². The molecule has 1 N–H and O–H groups in total. The Bertz CT molecular complexity index is 730. The van der Waals surface area contributed by atoms with Gasteiger partial charge in [0.05, 0.1) is 17.5 Å². The van der Waals surface area contributed by atoms with Crippen molar-refractivity contribution in [2.75, 3.05) is 12.4 Å². The predicted molar refractivity (Wildman–Crippen MR) is 131 cm³/mol. The lowest BCUT2D eigenvalue weighted by Crippen LogP contribution is -2.39. The van der Waals surface area contributed by atoms with Crippen molar-refractivity contribution < 1.29 is 28.6 Å². The Hall–Kier alpha value is -1.52. The second-order valence-electron chi connectivity index (χ2n) is 7.57. The lowest BCUT2D eigenvalue weighted by atomic mass is 10.1. The maximum absolute atomic E-state index is 12.0. The van der Waals surface area contributed by atoms with Crippen LogP contribution in [0.2, 0.25) is 0 Å². The molecule has 1 aliphatic heterocycles. The number of hydrogen-bond acceptors (Lipinski definition) is 9.